The van der Waals surface area contributed by atoms with Crippen LogP contribution in [0.4, 0.5) is 8.78 Å². The first kappa shape index (κ1) is 16.4. The summed E-state index contributed by atoms with van der Waals surface area (Å²) in [5.74, 6) is -0.136. The molecule has 0 amide bonds. The SMILES string of the molecule is CCNC(=NCc1ccsc1)NCCc1cc(F)ccc1F. The Morgan fingerprint density at radius 3 is 2.82 bits per heavy atom. The molecule has 0 saturated carbocycles. The molecule has 1 aromatic heterocycles. The van der Waals surface area contributed by atoms with Crippen molar-refractivity contribution in [3.63, 3.8) is 0 Å². The van der Waals surface area contributed by atoms with E-state index in [1.807, 2.05) is 18.4 Å². The number of hydrogen-bond acceptors (Lipinski definition) is 2. The van der Waals surface area contributed by atoms with Gasteiger partial charge in [-0.25, -0.2) is 13.8 Å². The monoisotopic (exact) mass is 323 g/mol. The fraction of sp³-hybridized carbons (Fsp3) is 0.312. The maximum atomic E-state index is 13.5. The lowest BCUT2D eigenvalue weighted by atomic mass is 10.1. The molecule has 1 heterocycles. The first-order valence-corrected chi connectivity index (χ1v) is 8.10. The first-order chi connectivity index (χ1) is 10.7. The summed E-state index contributed by atoms with van der Waals surface area (Å²) in [6.07, 6.45) is 0.395. The highest BCUT2D eigenvalue weighted by Crippen LogP contribution is 2.10. The largest absolute Gasteiger partial charge is 0.357 e. The smallest absolute Gasteiger partial charge is 0.191 e. The molecule has 2 rings (SSSR count). The Morgan fingerprint density at radius 1 is 1.23 bits per heavy atom. The minimum atomic E-state index is -0.422. The number of benzene rings is 1. The summed E-state index contributed by atoms with van der Waals surface area (Å²) in [6.45, 7) is 3.79. The number of rotatable bonds is 6. The van der Waals surface area contributed by atoms with E-state index < -0.39 is 5.82 Å². The Labute approximate surface area is 133 Å². The summed E-state index contributed by atoms with van der Waals surface area (Å²) in [7, 11) is 0. The lowest BCUT2D eigenvalue weighted by Gasteiger charge is -2.11. The van der Waals surface area contributed by atoms with Crippen LogP contribution in [0.3, 0.4) is 0 Å². The van der Waals surface area contributed by atoms with E-state index in [9.17, 15) is 8.78 Å². The molecule has 0 atom stereocenters. The molecule has 0 aliphatic rings. The van der Waals surface area contributed by atoms with Crippen LogP contribution in [0.2, 0.25) is 0 Å². The first-order valence-electron chi connectivity index (χ1n) is 7.16. The molecule has 0 radical (unpaired) electrons. The molecule has 0 aliphatic carbocycles. The number of halogens is 2. The Bertz CT molecular complexity index is 612. The van der Waals surface area contributed by atoms with Gasteiger partial charge in [-0.2, -0.15) is 11.3 Å². The van der Waals surface area contributed by atoms with E-state index in [1.54, 1.807) is 11.3 Å². The summed E-state index contributed by atoms with van der Waals surface area (Å²) in [4.78, 5) is 4.46. The van der Waals surface area contributed by atoms with Gasteiger partial charge < -0.3 is 10.6 Å². The van der Waals surface area contributed by atoms with Crippen molar-refractivity contribution in [2.24, 2.45) is 4.99 Å². The number of thiophene rings is 1. The zero-order valence-electron chi connectivity index (χ0n) is 12.4. The van der Waals surface area contributed by atoms with Gasteiger partial charge in [-0.15, -0.1) is 0 Å². The molecule has 0 unspecified atom stereocenters. The third-order valence-electron chi connectivity index (χ3n) is 3.04. The van der Waals surface area contributed by atoms with Crippen molar-refractivity contribution in [2.75, 3.05) is 13.1 Å². The van der Waals surface area contributed by atoms with Gasteiger partial charge in [0.25, 0.3) is 0 Å². The number of aliphatic imine (C=N–C) groups is 1. The van der Waals surface area contributed by atoms with Crippen molar-refractivity contribution < 1.29 is 8.78 Å². The molecule has 0 spiro atoms. The lowest BCUT2D eigenvalue weighted by molar-refractivity contribution is 0.583. The van der Waals surface area contributed by atoms with Gasteiger partial charge in [-0.3, -0.25) is 0 Å². The van der Waals surface area contributed by atoms with E-state index in [0.29, 0.717) is 31.0 Å². The molecule has 1 aromatic carbocycles. The van der Waals surface area contributed by atoms with E-state index in [4.69, 9.17) is 0 Å². The van der Waals surface area contributed by atoms with Crippen LogP contribution in [0.15, 0.2) is 40.0 Å². The molecule has 22 heavy (non-hydrogen) atoms. The molecule has 3 nitrogen and oxygen atoms in total. The quantitative estimate of drug-likeness (QED) is 0.632. The van der Waals surface area contributed by atoms with E-state index in [-0.39, 0.29) is 5.82 Å². The summed E-state index contributed by atoms with van der Waals surface area (Å²) in [5, 5.41) is 10.3. The average molecular weight is 323 g/mol. The fourth-order valence-electron chi connectivity index (χ4n) is 1.95. The third kappa shape index (κ3) is 5.11. The topological polar surface area (TPSA) is 36.4 Å². The van der Waals surface area contributed by atoms with Crippen LogP contribution in [0.25, 0.3) is 0 Å². The van der Waals surface area contributed by atoms with Crippen LogP contribution in [-0.2, 0) is 13.0 Å². The predicted molar refractivity (Wildman–Crippen MR) is 87.2 cm³/mol. The lowest BCUT2D eigenvalue weighted by Crippen LogP contribution is -2.38. The van der Waals surface area contributed by atoms with E-state index >= 15 is 0 Å². The van der Waals surface area contributed by atoms with Crippen LogP contribution in [0.5, 0.6) is 0 Å². The van der Waals surface area contributed by atoms with E-state index in [0.717, 1.165) is 24.2 Å². The molecule has 0 fully saturated rings. The van der Waals surface area contributed by atoms with Gasteiger partial charge in [0.1, 0.15) is 11.6 Å². The molecule has 0 aliphatic heterocycles. The van der Waals surface area contributed by atoms with Gasteiger partial charge in [0.2, 0.25) is 0 Å². The molecule has 0 saturated heterocycles. The minimum Gasteiger partial charge on any atom is -0.357 e. The van der Waals surface area contributed by atoms with Crippen molar-refractivity contribution in [1.29, 1.82) is 0 Å². The molecule has 6 heteroatoms. The number of guanidine groups is 1. The number of nitrogens with zero attached hydrogens (tertiary/aromatic N) is 1. The summed E-state index contributed by atoms with van der Waals surface area (Å²) >= 11 is 1.64. The third-order valence-corrected chi connectivity index (χ3v) is 3.77. The zero-order chi connectivity index (χ0) is 15.8. The molecular formula is C16H19F2N3S. The molecule has 2 aromatic rings. The number of nitrogens with one attached hydrogen (secondary N) is 2. The van der Waals surface area contributed by atoms with Crippen molar-refractivity contribution in [3.05, 3.63) is 57.8 Å². The average Bonchev–Trinajstić information content (AvgIpc) is 3.01. The van der Waals surface area contributed by atoms with Crippen LogP contribution in [0.1, 0.15) is 18.1 Å². The van der Waals surface area contributed by atoms with Crippen molar-refractivity contribution >= 4 is 17.3 Å². The summed E-state index contributed by atoms with van der Waals surface area (Å²) < 4.78 is 26.6. The zero-order valence-corrected chi connectivity index (χ0v) is 13.2. The van der Waals surface area contributed by atoms with Crippen molar-refractivity contribution in [1.82, 2.24) is 10.6 Å². The molecule has 2 N–H and O–H groups in total. The highest BCUT2D eigenvalue weighted by atomic mass is 32.1. The van der Waals surface area contributed by atoms with Crippen LogP contribution >= 0.6 is 11.3 Å². The minimum absolute atomic E-state index is 0.362. The van der Waals surface area contributed by atoms with Crippen LogP contribution < -0.4 is 10.6 Å². The Hall–Kier alpha value is -1.95. The fourth-order valence-corrected chi connectivity index (χ4v) is 2.60. The van der Waals surface area contributed by atoms with Gasteiger partial charge in [0.05, 0.1) is 6.54 Å². The Balaban J connectivity index is 1.88. The summed E-state index contributed by atoms with van der Waals surface area (Å²) in [6, 6.07) is 5.53. The highest BCUT2D eigenvalue weighted by Gasteiger charge is 2.04. The van der Waals surface area contributed by atoms with Gasteiger partial charge in [0.15, 0.2) is 5.96 Å². The van der Waals surface area contributed by atoms with Gasteiger partial charge >= 0.3 is 0 Å². The predicted octanol–water partition coefficient (Wildman–Crippen LogP) is 3.32. The normalized spacial score (nSPS) is 11.5. The summed E-state index contributed by atoms with van der Waals surface area (Å²) in [5.41, 5.74) is 1.51. The number of hydrogen-bond donors (Lipinski definition) is 2. The van der Waals surface area contributed by atoms with Gasteiger partial charge in [-0.05, 0) is 59.5 Å². The maximum absolute atomic E-state index is 13.5. The van der Waals surface area contributed by atoms with Crippen molar-refractivity contribution in [2.45, 2.75) is 19.9 Å². The van der Waals surface area contributed by atoms with E-state index in [1.165, 1.54) is 6.07 Å². The second-order valence-electron chi connectivity index (χ2n) is 4.74. The second kappa shape index (κ2) is 8.48. The standard InChI is InChI=1S/C16H19F2N3S/c1-2-19-16(21-10-12-6-8-22-11-12)20-7-5-13-9-14(17)3-4-15(13)18/h3-4,6,8-9,11H,2,5,7,10H2,1H3,(H2,19,20,21). The molecular weight excluding hydrogens is 304 g/mol. The second-order valence-corrected chi connectivity index (χ2v) is 5.52. The van der Waals surface area contributed by atoms with E-state index in [2.05, 4.69) is 21.0 Å². The van der Waals surface area contributed by atoms with Crippen molar-refractivity contribution in [3.8, 4) is 0 Å². The Morgan fingerprint density at radius 2 is 2.09 bits per heavy atom. The maximum Gasteiger partial charge on any atom is 0.191 e. The van der Waals surface area contributed by atoms with Crippen LogP contribution in [-0.4, -0.2) is 19.0 Å². The molecule has 118 valence electrons. The highest BCUT2D eigenvalue weighted by molar-refractivity contribution is 7.07. The molecule has 0 bridgehead atoms. The van der Waals surface area contributed by atoms with Gasteiger partial charge in [0, 0.05) is 13.1 Å². The van der Waals surface area contributed by atoms with Gasteiger partial charge in [-0.1, -0.05) is 0 Å². The Kier molecular flexibility index (Phi) is 6.33. The van der Waals surface area contributed by atoms with Crippen LogP contribution in [0, 0.1) is 11.6 Å².